The van der Waals surface area contributed by atoms with Crippen molar-refractivity contribution >= 4 is 5.78 Å². The van der Waals surface area contributed by atoms with E-state index in [0.29, 0.717) is 5.56 Å². The topological polar surface area (TPSA) is 52.3 Å². The lowest BCUT2D eigenvalue weighted by molar-refractivity contribution is 0.0900. The Bertz CT molecular complexity index is 458. The van der Waals surface area contributed by atoms with Gasteiger partial charge in [-0.2, -0.15) is 0 Å². The Kier molecular flexibility index (Phi) is 4.17. The van der Waals surface area contributed by atoms with Crippen molar-refractivity contribution in [3.8, 4) is 5.75 Å². The Labute approximate surface area is 109 Å². The molecule has 0 fully saturated rings. The van der Waals surface area contributed by atoms with Gasteiger partial charge in [0.15, 0.2) is 5.78 Å². The molecule has 0 heterocycles. The van der Waals surface area contributed by atoms with Gasteiger partial charge in [-0.1, -0.05) is 20.8 Å². The minimum Gasteiger partial charge on any atom is -0.496 e. The molecule has 1 unspecified atom stereocenters. The first-order chi connectivity index (χ1) is 8.18. The Morgan fingerprint density at radius 3 is 2.22 bits per heavy atom. The number of ketones is 1. The molecule has 0 spiro atoms. The normalized spacial score (nSPS) is 13.3. The number of rotatable bonds is 3. The molecule has 0 saturated carbocycles. The lowest BCUT2D eigenvalue weighted by atomic mass is 9.82. The van der Waals surface area contributed by atoms with Crippen molar-refractivity contribution in [2.24, 2.45) is 11.1 Å². The minimum atomic E-state index is -0.496. The standard InChI is InChI=1S/C15H23NO2/c1-9-8-12(18-6)10(2)7-11(9)13(17)14(16)15(3,4)5/h7-8,14H,16H2,1-6H3. The van der Waals surface area contributed by atoms with E-state index in [9.17, 15) is 4.79 Å². The average Bonchev–Trinajstić information content (AvgIpc) is 2.28. The predicted octanol–water partition coefficient (Wildman–Crippen LogP) is 2.87. The molecule has 0 aliphatic rings. The molecule has 0 aliphatic carbocycles. The fraction of sp³-hybridized carbons (Fsp3) is 0.533. The van der Waals surface area contributed by atoms with Crippen LogP contribution in [-0.4, -0.2) is 18.9 Å². The third-order valence-corrected chi connectivity index (χ3v) is 3.22. The van der Waals surface area contributed by atoms with Gasteiger partial charge < -0.3 is 10.5 Å². The van der Waals surface area contributed by atoms with Gasteiger partial charge >= 0.3 is 0 Å². The van der Waals surface area contributed by atoms with E-state index >= 15 is 0 Å². The predicted molar refractivity (Wildman–Crippen MR) is 74.2 cm³/mol. The molecule has 0 aliphatic heterocycles. The number of hydrogen-bond acceptors (Lipinski definition) is 3. The van der Waals surface area contributed by atoms with Crippen LogP contribution in [0.25, 0.3) is 0 Å². The molecule has 0 radical (unpaired) electrons. The zero-order valence-corrected chi connectivity index (χ0v) is 12.1. The maximum absolute atomic E-state index is 12.4. The summed E-state index contributed by atoms with van der Waals surface area (Å²) in [6.45, 7) is 9.76. The van der Waals surface area contributed by atoms with Crippen molar-refractivity contribution in [3.05, 3.63) is 28.8 Å². The molecule has 1 rings (SSSR count). The summed E-state index contributed by atoms with van der Waals surface area (Å²) in [6.07, 6.45) is 0. The van der Waals surface area contributed by atoms with Crippen molar-refractivity contribution in [2.75, 3.05) is 7.11 Å². The van der Waals surface area contributed by atoms with Crippen LogP contribution in [0.3, 0.4) is 0 Å². The summed E-state index contributed by atoms with van der Waals surface area (Å²) >= 11 is 0. The van der Waals surface area contributed by atoms with Crippen molar-refractivity contribution < 1.29 is 9.53 Å². The van der Waals surface area contributed by atoms with Gasteiger partial charge in [-0.15, -0.1) is 0 Å². The summed E-state index contributed by atoms with van der Waals surface area (Å²) in [5, 5.41) is 0. The van der Waals surface area contributed by atoms with Crippen LogP contribution in [0.5, 0.6) is 5.75 Å². The fourth-order valence-electron chi connectivity index (χ4n) is 1.84. The van der Waals surface area contributed by atoms with Gasteiger partial charge in [0.1, 0.15) is 5.75 Å². The lowest BCUT2D eigenvalue weighted by Gasteiger charge is -2.26. The Balaban J connectivity index is 3.19. The van der Waals surface area contributed by atoms with Crippen LogP contribution in [0.2, 0.25) is 0 Å². The molecule has 18 heavy (non-hydrogen) atoms. The highest BCUT2D eigenvalue weighted by atomic mass is 16.5. The lowest BCUT2D eigenvalue weighted by Crippen LogP contribution is -2.42. The van der Waals surface area contributed by atoms with Crippen molar-refractivity contribution in [1.82, 2.24) is 0 Å². The summed E-state index contributed by atoms with van der Waals surface area (Å²) in [4.78, 5) is 12.4. The highest BCUT2D eigenvalue weighted by Crippen LogP contribution is 2.26. The molecule has 3 nitrogen and oxygen atoms in total. The molecule has 1 aromatic rings. The second-order valence-electron chi connectivity index (χ2n) is 5.84. The van der Waals surface area contributed by atoms with Gasteiger partial charge in [0.25, 0.3) is 0 Å². The summed E-state index contributed by atoms with van der Waals surface area (Å²) in [7, 11) is 1.63. The van der Waals surface area contributed by atoms with Crippen LogP contribution in [-0.2, 0) is 0 Å². The van der Waals surface area contributed by atoms with Crippen LogP contribution < -0.4 is 10.5 Å². The maximum atomic E-state index is 12.4. The van der Waals surface area contributed by atoms with E-state index in [1.165, 1.54) is 0 Å². The van der Waals surface area contributed by atoms with Crippen LogP contribution in [0, 0.1) is 19.3 Å². The molecule has 2 N–H and O–H groups in total. The average molecular weight is 249 g/mol. The quantitative estimate of drug-likeness (QED) is 0.838. The number of Topliss-reactive ketones (excluding diaryl/α,β-unsaturated/α-hetero) is 1. The first kappa shape index (κ1) is 14.7. The number of aryl methyl sites for hydroxylation is 2. The molecule has 0 amide bonds. The zero-order chi connectivity index (χ0) is 14.1. The summed E-state index contributed by atoms with van der Waals surface area (Å²) in [5.74, 6) is 0.791. The molecular weight excluding hydrogens is 226 g/mol. The van der Waals surface area contributed by atoms with E-state index in [0.717, 1.165) is 16.9 Å². The molecular formula is C15H23NO2. The minimum absolute atomic E-state index is 0.00856. The fourth-order valence-corrected chi connectivity index (χ4v) is 1.84. The number of carbonyl (C=O) groups is 1. The highest BCUT2D eigenvalue weighted by Gasteiger charge is 2.29. The van der Waals surface area contributed by atoms with Crippen molar-refractivity contribution in [3.63, 3.8) is 0 Å². The second-order valence-corrected chi connectivity index (χ2v) is 5.84. The Hall–Kier alpha value is -1.35. The summed E-state index contributed by atoms with van der Waals surface area (Å²) < 4.78 is 5.25. The number of hydrogen-bond donors (Lipinski definition) is 1. The van der Waals surface area contributed by atoms with Gasteiger partial charge in [0.2, 0.25) is 0 Å². The number of benzene rings is 1. The maximum Gasteiger partial charge on any atom is 0.180 e. The van der Waals surface area contributed by atoms with Gasteiger partial charge in [-0.3, -0.25) is 4.79 Å². The first-order valence-corrected chi connectivity index (χ1v) is 6.13. The van der Waals surface area contributed by atoms with E-state index in [1.54, 1.807) is 7.11 Å². The van der Waals surface area contributed by atoms with Gasteiger partial charge in [0.05, 0.1) is 13.2 Å². The zero-order valence-electron chi connectivity index (χ0n) is 12.1. The smallest absolute Gasteiger partial charge is 0.180 e. The Morgan fingerprint density at radius 2 is 1.78 bits per heavy atom. The van der Waals surface area contributed by atoms with Crippen LogP contribution in [0.4, 0.5) is 0 Å². The van der Waals surface area contributed by atoms with E-state index in [2.05, 4.69) is 0 Å². The highest BCUT2D eigenvalue weighted by molar-refractivity contribution is 6.02. The van der Waals surface area contributed by atoms with Crippen molar-refractivity contribution in [2.45, 2.75) is 40.7 Å². The molecule has 3 heteroatoms. The van der Waals surface area contributed by atoms with Gasteiger partial charge in [-0.05, 0) is 42.5 Å². The van der Waals surface area contributed by atoms with E-state index < -0.39 is 6.04 Å². The third-order valence-electron chi connectivity index (χ3n) is 3.22. The SMILES string of the molecule is COc1cc(C)c(C(=O)C(N)C(C)(C)C)cc1C. The van der Waals surface area contributed by atoms with E-state index in [4.69, 9.17) is 10.5 Å². The molecule has 100 valence electrons. The molecule has 0 aromatic heterocycles. The van der Waals surface area contributed by atoms with Crippen molar-refractivity contribution in [1.29, 1.82) is 0 Å². The van der Waals surface area contributed by atoms with Gasteiger partial charge in [-0.25, -0.2) is 0 Å². The number of methoxy groups -OCH3 is 1. The van der Waals surface area contributed by atoms with E-state index in [1.807, 2.05) is 46.8 Å². The first-order valence-electron chi connectivity index (χ1n) is 6.13. The number of ether oxygens (including phenoxy) is 1. The molecule has 1 atom stereocenters. The van der Waals surface area contributed by atoms with E-state index in [-0.39, 0.29) is 11.2 Å². The monoisotopic (exact) mass is 249 g/mol. The Morgan fingerprint density at radius 1 is 1.22 bits per heavy atom. The molecule has 0 saturated heterocycles. The molecule has 1 aromatic carbocycles. The summed E-state index contributed by atoms with van der Waals surface area (Å²) in [5.41, 5.74) is 8.34. The molecule has 0 bridgehead atoms. The van der Waals surface area contributed by atoms with Crippen LogP contribution in [0.15, 0.2) is 12.1 Å². The number of carbonyl (C=O) groups excluding carboxylic acids is 1. The third kappa shape index (κ3) is 2.91. The largest absolute Gasteiger partial charge is 0.496 e. The van der Waals surface area contributed by atoms with Crippen LogP contribution >= 0.6 is 0 Å². The number of nitrogens with two attached hydrogens (primary N) is 1. The van der Waals surface area contributed by atoms with Gasteiger partial charge in [0, 0.05) is 5.56 Å². The van der Waals surface area contributed by atoms with Crippen LogP contribution in [0.1, 0.15) is 42.3 Å². The second kappa shape index (κ2) is 5.11. The summed E-state index contributed by atoms with van der Waals surface area (Å²) in [6, 6.07) is 3.25.